The number of fused-ring (bicyclic) bond motifs is 2. The van der Waals surface area contributed by atoms with Crippen LogP contribution in [0.3, 0.4) is 0 Å². The molecule has 15 heteroatoms. The molecule has 5 rings (SSSR count). The monoisotopic (exact) mass is 648 g/mol. The van der Waals surface area contributed by atoms with Crippen molar-refractivity contribution in [1.82, 2.24) is 19.5 Å². The second-order valence-corrected chi connectivity index (χ2v) is 22.3. The molecule has 2 aromatic rings. The summed E-state index contributed by atoms with van der Waals surface area (Å²) in [4.78, 5) is 40.6. The molecule has 13 nitrogen and oxygen atoms in total. The van der Waals surface area contributed by atoms with Crippen LogP contribution in [0, 0.1) is 0 Å². The zero-order valence-corrected chi connectivity index (χ0v) is 29.6. The number of nitrogens with zero attached hydrogens (tertiary/aromatic N) is 5. The molecule has 0 spiro atoms. The van der Waals surface area contributed by atoms with Gasteiger partial charge in [-0.3, -0.25) is 19.5 Å². The van der Waals surface area contributed by atoms with Crippen LogP contribution >= 0.6 is 0 Å². The van der Waals surface area contributed by atoms with Crippen molar-refractivity contribution in [2.75, 3.05) is 29.9 Å². The summed E-state index contributed by atoms with van der Waals surface area (Å²) in [5.74, 6) is 0.0758. The smallest absolute Gasteiger partial charge is 0.335 e. The van der Waals surface area contributed by atoms with E-state index in [-0.39, 0.29) is 40.6 Å². The highest BCUT2D eigenvalue weighted by molar-refractivity contribution is 6.84. The minimum atomic E-state index is -3.02. The van der Waals surface area contributed by atoms with Crippen molar-refractivity contribution in [3.8, 4) is 0 Å². The van der Waals surface area contributed by atoms with Gasteiger partial charge in [0, 0.05) is 26.9 Å². The van der Waals surface area contributed by atoms with Crippen molar-refractivity contribution >= 4 is 51.9 Å². The number of hydrogen-bond donors (Lipinski definition) is 1. The number of amides is 1. The van der Waals surface area contributed by atoms with Gasteiger partial charge in [0.25, 0.3) is 0 Å². The van der Waals surface area contributed by atoms with Gasteiger partial charge in [0.2, 0.25) is 11.9 Å². The lowest BCUT2D eigenvalue weighted by atomic mass is 10.1. The third kappa shape index (κ3) is 5.70. The fourth-order valence-electron chi connectivity index (χ4n) is 6.71. The molecule has 3 aliphatic heterocycles. The largest absolute Gasteiger partial charge is 0.455 e. The van der Waals surface area contributed by atoms with Crippen LogP contribution in [0.25, 0.3) is 11.2 Å². The lowest BCUT2D eigenvalue weighted by Gasteiger charge is -2.51. The number of hydrogen-bond acceptors (Lipinski definition) is 11. The Morgan fingerprint density at radius 1 is 0.977 bits per heavy atom. The van der Waals surface area contributed by atoms with Crippen LogP contribution < -0.4 is 10.2 Å². The average Bonchev–Trinajstić information content (AvgIpc) is 3.42. The quantitative estimate of drug-likeness (QED) is 0.313. The van der Waals surface area contributed by atoms with E-state index in [1.165, 1.54) is 13.8 Å². The Morgan fingerprint density at radius 2 is 1.61 bits per heavy atom. The van der Waals surface area contributed by atoms with Crippen molar-refractivity contribution in [3.05, 3.63) is 6.33 Å². The highest BCUT2D eigenvalue weighted by Gasteiger charge is 2.62. The second kappa shape index (κ2) is 12.4. The van der Waals surface area contributed by atoms with Crippen LogP contribution in [0.15, 0.2) is 6.33 Å². The molecular formula is C29H48N6O7Si2. The summed E-state index contributed by atoms with van der Waals surface area (Å²) in [6, 6.07) is 0. The fourth-order valence-corrected chi connectivity index (χ4v) is 17.9. The molecule has 0 saturated carbocycles. The fraction of sp³-hybridized carbons (Fsp3) is 0.759. The Labute approximate surface area is 261 Å². The molecule has 2 aromatic heterocycles. The lowest BCUT2D eigenvalue weighted by Crippen LogP contribution is -2.66. The predicted octanol–water partition coefficient (Wildman–Crippen LogP) is 4.78. The number of nitrogens with one attached hydrogen (secondary N) is 1. The molecule has 0 aliphatic carbocycles. The second-order valence-electron chi connectivity index (χ2n) is 13.4. The van der Waals surface area contributed by atoms with Gasteiger partial charge in [-0.2, -0.15) is 9.97 Å². The summed E-state index contributed by atoms with van der Waals surface area (Å²) in [5.41, 5.74) is 1.57. The molecule has 1 amide bonds. The van der Waals surface area contributed by atoms with Crippen LogP contribution in [0.4, 0.5) is 11.8 Å². The van der Waals surface area contributed by atoms with Gasteiger partial charge >= 0.3 is 23.1 Å². The van der Waals surface area contributed by atoms with Gasteiger partial charge in [-0.15, -0.1) is 0 Å². The van der Waals surface area contributed by atoms with Crippen LogP contribution in [-0.2, 0) is 32.0 Å². The van der Waals surface area contributed by atoms with E-state index in [9.17, 15) is 9.59 Å². The molecule has 0 bridgehead atoms. The van der Waals surface area contributed by atoms with Gasteiger partial charge < -0.3 is 27.3 Å². The highest BCUT2D eigenvalue weighted by atomic mass is 28.5. The number of ether oxygens (including phenoxy) is 2. The molecule has 4 atom stereocenters. The van der Waals surface area contributed by atoms with Crippen LogP contribution in [0.2, 0.25) is 22.2 Å². The molecule has 4 unspecified atom stereocenters. The van der Waals surface area contributed by atoms with E-state index in [2.05, 4.69) is 75.6 Å². The van der Waals surface area contributed by atoms with E-state index < -0.39 is 47.6 Å². The zero-order valence-electron chi connectivity index (χ0n) is 27.6. The number of imidazole rings is 1. The van der Waals surface area contributed by atoms with Crippen LogP contribution in [0.5, 0.6) is 0 Å². The van der Waals surface area contributed by atoms with Gasteiger partial charge in [-0.1, -0.05) is 55.4 Å². The van der Waals surface area contributed by atoms with Gasteiger partial charge in [0.1, 0.15) is 12.2 Å². The molecule has 3 aliphatic rings. The standard InChI is InChI=1S/C29H48N6O7Si2/c1-16(2)43(17(3)4)38-14-22-24(41-44(42-43,18(5)6)19(7)8)25(39-21(10)37)28(40-22)35-15-30-23-26(34-12-11-13-34)32-29(31-20(9)36)33-27(23)35/h15-19,22,24-25,28H,11-14H2,1-10H3,(H,31,32,33,36). The maximum Gasteiger partial charge on any atom is 0.335 e. The Bertz CT molecular complexity index is 1370. The minimum absolute atomic E-state index is 0.0902. The molecular weight excluding hydrogens is 601 g/mol. The van der Waals surface area contributed by atoms with Crippen molar-refractivity contribution in [1.29, 1.82) is 0 Å². The lowest BCUT2D eigenvalue weighted by molar-refractivity contribution is -0.155. The zero-order chi connectivity index (χ0) is 32.1. The number of aromatic nitrogens is 4. The maximum absolute atomic E-state index is 12.6. The molecule has 0 aromatic carbocycles. The van der Waals surface area contributed by atoms with Gasteiger partial charge in [0.05, 0.1) is 12.9 Å². The SMILES string of the molecule is CC(=O)Nc1nc(N2CCC2)c2ncn(C3OC4CO[Si](C(C)C)(C(C)C)O[Si](C(C)C)(C(C)C)OC4C3OC(C)=O)c2n1. The van der Waals surface area contributed by atoms with E-state index in [1.807, 2.05) is 0 Å². The number of carbonyl (C=O) groups excluding carboxylic acids is 2. The topological polar surface area (TPSA) is 139 Å². The summed E-state index contributed by atoms with van der Waals surface area (Å²) in [5, 5.41) is 2.72. The first-order chi connectivity index (χ1) is 20.7. The van der Waals surface area contributed by atoms with Crippen LogP contribution in [0.1, 0.15) is 81.9 Å². The molecule has 5 heterocycles. The minimum Gasteiger partial charge on any atom is -0.455 e. The first kappa shape index (κ1) is 32.9. The van der Waals surface area contributed by atoms with E-state index in [4.69, 9.17) is 27.4 Å². The van der Waals surface area contributed by atoms with Crippen LogP contribution in [-0.4, -0.2) is 86.5 Å². The first-order valence-electron chi connectivity index (χ1n) is 15.8. The molecule has 1 N–H and O–H groups in total. The number of anilines is 2. The van der Waals surface area contributed by atoms with Gasteiger partial charge in [-0.05, 0) is 28.6 Å². The third-order valence-electron chi connectivity index (χ3n) is 9.04. The van der Waals surface area contributed by atoms with E-state index >= 15 is 0 Å². The van der Waals surface area contributed by atoms with Crippen molar-refractivity contribution < 1.29 is 32.0 Å². The first-order valence-corrected chi connectivity index (χ1v) is 19.8. The molecule has 3 saturated heterocycles. The summed E-state index contributed by atoms with van der Waals surface area (Å²) < 4.78 is 36.0. The van der Waals surface area contributed by atoms with Crippen molar-refractivity contribution in [2.45, 2.75) is 122 Å². The van der Waals surface area contributed by atoms with Gasteiger partial charge in [-0.25, -0.2) is 4.98 Å². The summed E-state index contributed by atoms with van der Waals surface area (Å²) in [6.45, 7) is 22.0. The van der Waals surface area contributed by atoms with Crippen molar-refractivity contribution in [3.63, 3.8) is 0 Å². The summed E-state index contributed by atoms with van der Waals surface area (Å²) >= 11 is 0. The Kier molecular flexibility index (Phi) is 9.28. The normalized spacial score (nSPS) is 26.5. The summed E-state index contributed by atoms with van der Waals surface area (Å²) in [6.07, 6.45) is -0.147. The Hall–Kier alpha value is -2.44. The van der Waals surface area contributed by atoms with E-state index in [0.717, 1.165) is 19.5 Å². The predicted molar refractivity (Wildman–Crippen MR) is 170 cm³/mol. The summed E-state index contributed by atoms with van der Waals surface area (Å²) in [7, 11) is -5.82. The highest BCUT2D eigenvalue weighted by Crippen LogP contribution is 2.49. The molecule has 3 fully saturated rings. The van der Waals surface area contributed by atoms with E-state index in [0.29, 0.717) is 17.0 Å². The molecule has 44 heavy (non-hydrogen) atoms. The Balaban J connectivity index is 1.63. The maximum atomic E-state index is 12.6. The number of rotatable bonds is 8. The molecule has 244 valence electrons. The van der Waals surface area contributed by atoms with Gasteiger partial charge in [0.15, 0.2) is 29.3 Å². The Morgan fingerprint density at radius 3 is 2.14 bits per heavy atom. The van der Waals surface area contributed by atoms with Crippen molar-refractivity contribution in [2.24, 2.45) is 0 Å². The third-order valence-corrected chi connectivity index (χ3v) is 19.3. The number of esters is 1. The number of carbonyl (C=O) groups is 2. The molecule has 0 radical (unpaired) electrons. The average molecular weight is 649 g/mol. The van der Waals surface area contributed by atoms with E-state index in [1.54, 1.807) is 10.9 Å².